The summed E-state index contributed by atoms with van der Waals surface area (Å²) in [6.45, 7) is 0. The zero-order chi connectivity index (χ0) is 11.8. The van der Waals surface area contributed by atoms with Gasteiger partial charge in [0, 0.05) is 18.2 Å². The highest BCUT2D eigenvalue weighted by molar-refractivity contribution is 9.09. The number of carbonyl (C=O) groups is 1. The van der Waals surface area contributed by atoms with Crippen LogP contribution in [0.15, 0.2) is 24.3 Å². The van der Waals surface area contributed by atoms with Gasteiger partial charge in [-0.15, -0.1) is 0 Å². The standard InChI is InChI=1S/C13H17BrO2/c1-16-13-8-5-11(6-9-13)4-7-12(15)3-2-10-14/h5-6,8-9H,2-4,7,10H2,1H3. The van der Waals surface area contributed by atoms with E-state index < -0.39 is 0 Å². The Bertz CT molecular complexity index is 319. The molecule has 0 heterocycles. The number of Topliss-reactive ketones (excluding diaryl/α,β-unsaturated/α-hetero) is 1. The SMILES string of the molecule is COc1ccc(CCC(=O)CCCBr)cc1. The van der Waals surface area contributed by atoms with Gasteiger partial charge >= 0.3 is 0 Å². The smallest absolute Gasteiger partial charge is 0.133 e. The predicted molar refractivity (Wildman–Crippen MR) is 69.4 cm³/mol. The lowest BCUT2D eigenvalue weighted by molar-refractivity contribution is -0.119. The van der Waals surface area contributed by atoms with Crippen LogP contribution in [0.2, 0.25) is 0 Å². The molecule has 1 aromatic rings. The number of ether oxygens (including phenoxy) is 1. The third kappa shape index (κ3) is 4.79. The molecule has 0 radical (unpaired) electrons. The highest BCUT2D eigenvalue weighted by Gasteiger charge is 2.02. The molecule has 2 nitrogen and oxygen atoms in total. The van der Waals surface area contributed by atoms with Gasteiger partial charge < -0.3 is 4.74 Å². The second kappa shape index (κ2) is 7.44. The average molecular weight is 285 g/mol. The Morgan fingerprint density at radius 3 is 2.50 bits per heavy atom. The Balaban J connectivity index is 2.33. The van der Waals surface area contributed by atoms with Crippen molar-refractivity contribution >= 4 is 21.7 Å². The molecule has 0 aliphatic heterocycles. The third-order valence-electron chi connectivity index (χ3n) is 2.44. The van der Waals surface area contributed by atoms with Crippen LogP contribution < -0.4 is 4.74 Å². The van der Waals surface area contributed by atoms with Crippen molar-refractivity contribution in [2.24, 2.45) is 0 Å². The third-order valence-corrected chi connectivity index (χ3v) is 3.00. The van der Waals surface area contributed by atoms with Crippen LogP contribution in [0, 0.1) is 0 Å². The molecule has 0 aliphatic rings. The van der Waals surface area contributed by atoms with Gasteiger partial charge in [0.25, 0.3) is 0 Å². The van der Waals surface area contributed by atoms with Crippen molar-refractivity contribution in [3.63, 3.8) is 0 Å². The fraction of sp³-hybridized carbons (Fsp3) is 0.462. The number of methoxy groups -OCH3 is 1. The Morgan fingerprint density at radius 2 is 1.94 bits per heavy atom. The molecule has 1 aromatic carbocycles. The Morgan fingerprint density at radius 1 is 1.25 bits per heavy atom. The monoisotopic (exact) mass is 284 g/mol. The molecule has 16 heavy (non-hydrogen) atoms. The van der Waals surface area contributed by atoms with Gasteiger partial charge in [-0.2, -0.15) is 0 Å². The molecule has 0 aliphatic carbocycles. The summed E-state index contributed by atoms with van der Waals surface area (Å²) in [5.74, 6) is 1.20. The van der Waals surface area contributed by atoms with Gasteiger partial charge in [0.05, 0.1) is 7.11 Å². The minimum absolute atomic E-state index is 0.343. The molecule has 0 bridgehead atoms. The Kier molecular flexibility index (Phi) is 6.16. The summed E-state index contributed by atoms with van der Waals surface area (Å²) >= 11 is 3.32. The molecule has 0 spiro atoms. The minimum atomic E-state index is 0.343. The number of ketones is 1. The Hall–Kier alpha value is -0.830. The number of rotatable bonds is 7. The second-order valence-electron chi connectivity index (χ2n) is 3.68. The van der Waals surface area contributed by atoms with E-state index in [2.05, 4.69) is 15.9 Å². The summed E-state index contributed by atoms with van der Waals surface area (Å²) in [5, 5.41) is 0.904. The predicted octanol–water partition coefficient (Wildman–Crippen LogP) is 3.37. The normalized spacial score (nSPS) is 10.1. The van der Waals surface area contributed by atoms with E-state index in [0.29, 0.717) is 18.6 Å². The number of hydrogen-bond donors (Lipinski definition) is 0. The molecule has 0 N–H and O–H groups in total. The van der Waals surface area contributed by atoms with Crippen LogP contribution in [0.3, 0.4) is 0 Å². The molecular weight excluding hydrogens is 268 g/mol. The van der Waals surface area contributed by atoms with Crippen LogP contribution in [-0.2, 0) is 11.2 Å². The summed E-state index contributed by atoms with van der Waals surface area (Å²) in [6.07, 6.45) is 3.08. The van der Waals surface area contributed by atoms with Crippen molar-refractivity contribution in [3.8, 4) is 5.75 Å². The first-order valence-electron chi connectivity index (χ1n) is 5.47. The quantitative estimate of drug-likeness (QED) is 0.718. The topological polar surface area (TPSA) is 26.3 Å². The van der Waals surface area contributed by atoms with Crippen LogP contribution >= 0.6 is 15.9 Å². The summed E-state index contributed by atoms with van der Waals surface area (Å²) < 4.78 is 5.08. The Labute approximate surface area is 105 Å². The molecular formula is C13H17BrO2. The van der Waals surface area contributed by atoms with Gasteiger partial charge in [-0.1, -0.05) is 28.1 Å². The lowest BCUT2D eigenvalue weighted by Gasteiger charge is -2.03. The van der Waals surface area contributed by atoms with Crippen molar-refractivity contribution in [1.82, 2.24) is 0 Å². The first-order valence-corrected chi connectivity index (χ1v) is 6.59. The van der Waals surface area contributed by atoms with Crippen molar-refractivity contribution < 1.29 is 9.53 Å². The van der Waals surface area contributed by atoms with E-state index in [-0.39, 0.29) is 0 Å². The van der Waals surface area contributed by atoms with E-state index in [1.807, 2.05) is 24.3 Å². The van der Waals surface area contributed by atoms with E-state index in [1.165, 1.54) is 5.56 Å². The van der Waals surface area contributed by atoms with Gasteiger partial charge in [0.2, 0.25) is 0 Å². The lowest BCUT2D eigenvalue weighted by Crippen LogP contribution is -2.00. The molecule has 0 amide bonds. The molecule has 1 rings (SSSR count). The highest BCUT2D eigenvalue weighted by atomic mass is 79.9. The molecule has 88 valence electrons. The van der Waals surface area contributed by atoms with Crippen molar-refractivity contribution in [1.29, 1.82) is 0 Å². The maximum Gasteiger partial charge on any atom is 0.133 e. The fourth-order valence-electron chi connectivity index (χ4n) is 1.46. The van der Waals surface area contributed by atoms with Crippen molar-refractivity contribution in [3.05, 3.63) is 29.8 Å². The van der Waals surface area contributed by atoms with Gasteiger partial charge in [0.15, 0.2) is 0 Å². The van der Waals surface area contributed by atoms with Crippen molar-refractivity contribution in [2.75, 3.05) is 12.4 Å². The molecule has 0 saturated carbocycles. The molecule has 0 atom stereocenters. The largest absolute Gasteiger partial charge is 0.497 e. The first kappa shape index (κ1) is 13.2. The summed E-state index contributed by atoms with van der Waals surface area (Å²) in [4.78, 5) is 11.5. The van der Waals surface area contributed by atoms with E-state index in [4.69, 9.17) is 4.74 Å². The summed E-state index contributed by atoms with van der Waals surface area (Å²) in [7, 11) is 1.65. The van der Waals surface area contributed by atoms with Crippen LogP contribution in [0.25, 0.3) is 0 Å². The maximum absolute atomic E-state index is 11.5. The number of halogens is 1. The van der Waals surface area contributed by atoms with Crippen LogP contribution in [0.4, 0.5) is 0 Å². The minimum Gasteiger partial charge on any atom is -0.497 e. The zero-order valence-electron chi connectivity index (χ0n) is 9.54. The molecule has 0 fully saturated rings. The van der Waals surface area contributed by atoms with Gasteiger partial charge in [-0.05, 0) is 30.5 Å². The van der Waals surface area contributed by atoms with E-state index in [9.17, 15) is 4.79 Å². The van der Waals surface area contributed by atoms with E-state index in [1.54, 1.807) is 7.11 Å². The number of aryl methyl sites for hydroxylation is 1. The van der Waals surface area contributed by atoms with Crippen LogP contribution in [0.5, 0.6) is 5.75 Å². The molecule has 0 aromatic heterocycles. The van der Waals surface area contributed by atoms with Gasteiger partial charge in [0.1, 0.15) is 11.5 Å². The fourth-order valence-corrected chi connectivity index (χ4v) is 1.75. The van der Waals surface area contributed by atoms with Crippen molar-refractivity contribution in [2.45, 2.75) is 25.7 Å². The number of benzene rings is 1. The van der Waals surface area contributed by atoms with Crippen LogP contribution in [0.1, 0.15) is 24.8 Å². The summed E-state index contributed by atoms with van der Waals surface area (Å²) in [6, 6.07) is 7.88. The zero-order valence-corrected chi connectivity index (χ0v) is 11.1. The van der Waals surface area contributed by atoms with E-state index in [0.717, 1.165) is 23.9 Å². The van der Waals surface area contributed by atoms with E-state index >= 15 is 0 Å². The maximum atomic E-state index is 11.5. The number of hydrogen-bond acceptors (Lipinski definition) is 2. The summed E-state index contributed by atoms with van der Waals surface area (Å²) in [5.41, 5.74) is 1.19. The lowest BCUT2D eigenvalue weighted by atomic mass is 10.1. The van der Waals surface area contributed by atoms with Crippen LogP contribution in [-0.4, -0.2) is 18.2 Å². The molecule has 0 unspecified atom stereocenters. The van der Waals surface area contributed by atoms with Gasteiger partial charge in [-0.25, -0.2) is 0 Å². The molecule has 0 saturated heterocycles. The number of alkyl halides is 1. The second-order valence-corrected chi connectivity index (χ2v) is 4.47. The highest BCUT2D eigenvalue weighted by Crippen LogP contribution is 2.13. The van der Waals surface area contributed by atoms with Gasteiger partial charge in [-0.3, -0.25) is 4.79 Å². The first-order chi connectivity index (χ1) is 7.76. The molecule has 3 heteroatoms. The number of carbonyl (C=O) groups excluding carboxylic acids is 1. The average Bonchev–Trinajstić information content (AvgIpc) is 2.34.